The number of hydrogen-bond acceptors (Lipinski definition) is 2. The molecular formula is C20H22N4. The number of aromatic nitrogens is 3. The lowest BCUT2D eigenvalue weighted by atomic mass is 10.1. The van der Waals surface area contributed by atoms with Gasteiger partial charge in [-0.2, -0.15) is 0 Å². The Kier molecular flexibility index (Phi) is 3.82. The lowest BCUT2D eigenvalue weighted by Gasteiger charge is -2.05. The Morgan fingerprint density at radius 1 is 1.17 bits per heavy atom. The van der Waals surface area contributed by atoms with Gasteiger partial charge in [0.2, 0.25) is 0 Å². The third-order valence-corrected chi connectivity index (χ3v) is 4.66. The van der Waals surface area contributed by atoms with Crippen molar-refractivity contribution in [3.8, 4) is 0 Å². The first-order valence-corrected chi connectivity index (χ1v) is 8.40. The van der Waals surface area contributed by atoms with Crippen LogP contribution in [0.1, 0.15) is 17.0 Å². The Labute approximate surface area is 141 Å². The van der Waals surface area contributed by atoms with E-state index < -0.39 is 0 Å². The Balaban J connectivity index is 1.41. The SMILES string of the molecule is Cc1ccc2c(CCNCc3nc4ccccc4n3C)c[nH]c2c1. The van der Waals surface area contributed by atoms with Gasteiger partial charge in [0.05, 0.1) is 17.6 Å². The molecule has 0 fully saturated rings. The lowest BCUT2D eigenvalue weighted by molar-refractivity contribution is 0.643. The Morgan fingerprint density at radius 2 is 2.04 bits per heavy atom. The van der Waals surface area contributed by atoms with Gasteiger partial charge in [-0.25, -0.2) is 4.98 Å². The van der Waals surface area contributed by atoms with Gasteiger partial charge in [0.1, 0.15) is 5.82 Å². The van der Waals surface area contributed by atoms with Gasteiger partial charge in [-0.1, -0.05) is 24.3 Å². The van der Waals surface area contributed by atoms with Crippen LogP contribution < -0.4 is 5.32 Å². The molecule has 4 nitrogen and oxygen atoms in total. The number of aryl methyl sites for hydroxylation is 2. The number of benzene rings is 2. The third-order valence-electron chi connectivity index (χ3n) is 4.66. The predicted octanol–water partition coefficient (Wildman–Crippen LogP) is 3.70. The fourth-order valence-corrected chi connectivity index (χ4v) is 3.28. The summed E-state index contributed by atoms with van der Waals surface area (Å²) >= 11 is 0. The number of nitrogens with one attached hydrogen (secondary N) is 2. The van der Waals surface area contributed by atoms with Crippen LogP contribution in [0.4, 0.5) is 0 Å². The van der Waals surface area contributed by atoms with Gasteiger partial charge in [-0.05, 0) is 49.2 Å². The van der Waals surface area contributed by atoms with E-state index in [1.54, 1.807) is 0 Å². The second kappa shape index (κ2) is 6.13. The zero-order valence-electron chi connectivity index (χ0n) is 14.1. The highest BCUT2D eigenvalue weighted by Gasteiger charge is 2.07. The van der Waals surface area contributed by atoms with Crippen LogP contribution in [0, 0.1) is 6.92 Å². The van der Waals surface area contributed by atoms with Crippen molar-refractivity contribution in [2.75, 3.05) is 6.54 Å². The molecule has 0 atom stereocenters. The molecule has 4 aromatic rings. The fraction of sp³-hybridized carbons (Fsp3) is 0.250. The monoisotopic (exact) mass is 318 g/mol. The van der Waals surface area contributed by atoms with Crippen LogP contribution in [0.3, 0.4) is 0 Å². The number of hydrogen-bond donors (Lipinski definition) is 2. The van der Waals surface area contributed by atoms with E-state index in [0.29, 0.717) is 0 Å². The molecule has 24 heavy (non-hydrogen) atoms. The summed E-state index contributed by atoms with van der Waals surface area (Å²) in [4.78, 5) is 8.07. The summed E-state index contributed by atoms with van der Waals surface area (Å²) in [5, 5.41) is 4.84. The summed E-state index contributed by atoms with van der Waals surface area (Å²) in [6.07, 6.45) is 3.13. The van der Waals surface area contributed by atoms with Crippen molar-refractivity contribution in [3.05, 3.63) is 65.6 Å². The topological polar surface area (TPSA) is 45.6 Å². The number of nitrogens with zero attached hydrogens (tertiary/aromatic N) is 2. The Bertz CT molecular complexity index is 993. The average Bonchev–Trinajstić information content (AvgIpc) is 3.13. The molecular weight excluding hydrogens is 296 g/mol. The van der Waals surface area contributed by atoms with E-state index in [1.807, 2.05) is 6.07 Å². The number of imidazole rings is 1. The molecule has 0 aliphatic rings. The van der Waals surface area contributed by atoms with Crippen molar-refractivity contribution in [2.45, 2.75) is 19.9 Å². The summed E-state index contributed by atoms with van der Waals surface area (Å²) in [7, 11) is 2.08. The summed E-state index contributed by atoms with van der Waals surface area (Å²) in [6, 6.07) is 14.8. The van der Waals surface area contributed by atoms with Crippen LogP contribution in [-0.4, -0.2) is 21.1 Å². The van der Waals surface area contributed by atoms with Gasteiger partial charge in [0.15, 0.2) is 0 Å². The highest BCUT2D eigenvalue weighted by Crippen LogP contribution is 2.19. The standard InChI is InChI=1S/C20H22N4/c1-14-7-8-16-15(12-22-18(16)11-14)9-10-21-13-20-23-17-5-3-4-6-19(17)24(20)2/h3-8,11-12,21-22H,9-10,13H2,1-2H3. The maximum atomic E-state index is 4.70. The maximum Gasteiger partial charge on any atom is 0.123 e. The minimum atomic E-state index is 0.784. The first-order chi connectivity index (χ1) is 11.7. The van der Waals surface area contributed by atoms with Crippen molar-refractivity contribution in [2.24, 2.45) is 7.05 Å². The second-order valence-electron chi connectivity index (χ2n) is 6.37. The summed E-state index contributed by atoms with van der Waals surface area (Å²) in [6.45, 7) is 3.84. The largest absolute Gasteiger partial charge is 0.361 e. The Hall–Kier alpha value is -2.59. The summed E-state index contributed by atoms with van der Waals surface area (Å²) in [5.74, 6) is 1.07. The molecule has 2 aromatic carbocycles. The fourth-order valence-electron chi connectivity index (χ4n) is 3.28. The molecule has 0 saturated heterocycles. The van der Waals surface area contributed by atoms with Gasteiger partial charge in [-0.15, -0.1) is 0 Å². The number of para-hydroxylation sites is 2. The van der Waals surface area contributed by atoms with E-state index in [-0.39, 0.29) is 0 Å². The van der Waals surface area contributed by atoms with Crippen LogP contribution in [0.2, 0.25) is 0 Å². The number of aromatic amines is 1. The van der Waals surface area contributed by atoms with Crippen LogP contribution in [-0.2, 0) is 20.0 Å². The van der Waals surface area contributed by atoms with Crippen LogP contribution in [0.5, 0.6) is 0 Å². The molecule has 0 amide bonds. The molecule has 0 aliphatic heterocycles. The second-order valence-corrected chi connectivity index (χ2v) is 6.37. The third kappa shape index (κ3) is 2.69. The number of rotatable bonds is 5. The summed E-state index contributed by atoms with van der Waals surface area (Å²) in [5.41, 5.74) is 6.11. The van der Waals surface area contributed by atoms with Crippen molar-refractivity contribution < 1.29 is 0 Å². The van der Waals surface area contributed by atoms with Crippen molar-refractivity contribution in [3.63, 3.8) is 0 Å². The molecule has 0 aliphatic carbocycles. The highest BCUT2D eigenvalue weighted by atomic mass is 15.1. The first kappa shape index (κ1) is 15.0. The zero-order valence-corrected chi connectivity index (χ0v) is 14.1. The zero-order chi connectivity index (χ0) is 16.5. The normalized spacial score (nSPS) is 11.6. The molecule has 0 radical (unpaired) electrons. The van der Waals surface area contributed by atoms with Gasteiger partial charge in [-0.3, -0.25) is 0 Å². The van der Waals surface area contributed by atoms with Crippen molar-refractivity contribution in [1.29, 1.82) is 0 Å². The van der Waals surface area contributed by atoms with Gasteiger partial charge in [0.25, 0.3) is 0 Å². The average molecular weight is 318 g/mol. The first-order valence-electron chi connectivity index (χ1n) is 8.40. The van der Waals surface area contributed by atoms with Gasteiger partial charge < -0.3 is 14.9 Å². The maximum absolute atomic E-state index is 4.70. The minimum absolute atomic E-state index is 0.784. The minimum Gasteiger partial charge on any atom is -0.361 e. The summed E-state index contributed by atoms with van der Waals surface area (Å²) < 4.78 is 2.16. The Morgan fingerprint density at radius 3 is 2.92 bits per heavy atom. The van der Waals surface area contributed by atoms with E-state index in [2.05, 4.69) is 71.4 Å². The van der Waals surface area contributed by atoms with Crippen LogP contribution in [0.25, 0.3) is 21.9 Å². The molecule has 4 rings (SSSR count). The van der Waals surface area contributed by atoms with E-state index in [4.69, 9.17) is 4.98 Å². The van der Waals surface area contributed by atoms with E-state index in [9.17, 15) is 0 Å². The molecule has 0 saturated carbocycles. The van der Waals surface area contributed by atoms with Crippen molar-refractivity contribution in [1.82, 2.24) is 19.9 Å². The highest BCUT2D eigenvalue weighted by molar-refractivity contribution is 5.83. The van der Waals surface area contributed by atoms with Crippen LogP contribution >= 0.6 is 0 Å². The van der Waals surface area contributed by atoms with E-state index in [0.717, 1.165) is 30.9 Å². The predicted molar refractivity (Wildman–Crippen MR) is 99.2 cm³/mol. The number of fused-ring (bicyclic) bond motifs is 2. The molecule has 0 spiro atoms. The molecule has 0 bridgehead atoms. The molecule has 2 N–H and O–H groups in total. The van der Waals surface area contributed by atoms with Crippen molar-refractivity contribution >= 4 is 21.9 Å². The van der Waals surface area contributed by atoms with Crippen LogP contribution in [0.15, 0.2) is 48.7 Å². The molecule has 4 heteroatoms. The molecule has 2 heterocycles. The van der Waals surface area contributed by atoms with E-state index >= 15 is 0 Å². The molecule has 122 valence electrons. The lowest BCUT2D eigenvalue weighted by Crippen LogP contribution is -2.19. The molecule has 0 unspecified atom stereocenters. The van der Waals surface area contributed by atoms with E-state index in [1.165, 1.54) is 27.5 Å². The number of H-pyrrole nitrogens is 1. The smallest absolute Gasteiger partial charge is 0.123 e. The quantitative estimate of drug-likeness (QED) is 0.551. The van der Waals surface area contributed by atoms with Gasteiger partial charge in [0, 0.05) is 24.1 Å². The van der Waals surface area contributed by atoms with Gasteiger partial charge >= 0.3 is 0 Å². The molecule has 2 aromatic heterocycles.